The molecule has 1 rings (SSSR count). The van der Waals surface area contributed by atoms with Gasteiger partial charge in [-0.3, -0.25) is 0 Å². The van der Waals surface area contributed by atoms with Crippen molar-refractivity contribution in [3.05, 3.63) is 29.8 Å². The van der Waals surface area contributed by atoms with Gasteiger partial charge >= 0.3 is 57.4 Å². The molecule has 0 aliphatic carbocycles. The molecule has 13 heteroatoms. The Balaban J connectivity index is -0.000000295. The van der Waals surface area contributed by atoms with Crippen molar-refractivity contribution < 1.29 is 91.0 Å². The van der Waals surface area contributed by atoms with Crippen LogP contribution in [0.3, 0.4) is 0 Å². The second-order valence-electron chi connectivity index (χ2n) is 3.17. The zero-order valence-electron chi connectivity index (χ0n) is 10.5. The smallest absolute Gasteiger partial charge is 0.744 e. The van der Waals surface area contributed by atoms with Crippen molar-refractivity contribution in [3.63, 3.8) is 0 Å². The Labute approximate surface area is 157 Å². The molecule has 0 aliphatic heterocycles. The molecule has 21 heavy (non-hydrogen) atoms. The van der Waals surface area contributed by atoms with E-state index < -0.39 is 25.7 Å². The summed E-state index contributed by atoms with van der Waals surface area (Å²) in [4.78, 5) is -0.178. The van der Waals surface area contributed by atoms with Crippen LogP contribution in [0, 0.1) is 6.92 Å². The predicted octanol–water partition coefficient (Wildman–Crippen LogP) is -2.05. The van der Waals surface area contributed by atoms with Crippen molar-refractivity contribution in [2.75, 3.05) is 0 Å². The third-order valence-electron chi connectivity index (χ3n) is 1.59. The first-order chi connectivity index (χ1) is 8.25. The van der Waals surface area contributed by atoms with Gasteiger partial charge in [-0.1, -0.05) is 17.7 Å². The molecule has 0 heterocycles. The molecule has 1 aromatic carbocycles. The van der Waals surface area contributed by atoms with E-state index in [0.29, 0.717) is 0 Å². The van der Waals surface area contributed by atoms with Gasteiger partial charge in [0, 0.05) is 0 Å². The molecule has 0 bridgehead atoms. The molecule has 0 fully saturated rings. The van der Waals surface area contributed by atoms with E-state index in [0.717, 1.165) is 5.56 Å². The fourth-order valence-electron chi connectivity index (χ4n) is 0.705. The molecule has 0 aliphatic rings. The summed E-state index contributed by atoms with van der Waals surface area (Å²) < 4.78 is 90.1. The zero-order chi connectivity index (χ0) is 15.5. The molecule has 0 saturated carbocycles. The van der Waals surface area contributed by atoms with Crippen LogP contribution in [-0.2, 0) is 42.6 Å². The minimum Gasteiger partial charge on any atom is -0.744 e. The molecule has 0 N–H and O–H groups in total. The molecule has 1 aromatic rings. The third-order valence-corrected chi connectivity index (χ3v) is 3.01. The van der Waals surface area contributed by atoms with Crippen LogP contribution in [-0.4, -0.2) is 31.4 Å². The van der Waals surface area contributed by atoms with Crippen LogP contribution < -0.4 is 29.6 Å². The van der Waals surface area contributed by atoms with Crippen molar-refractivity contribution in [2.24, 2.45) is 0 Å². The molecule has 0 saturated heterocycles. The quantitative estimate of drug-likeness (QED) is 0.276. The van der Waals surface area contributed by atoms with Crippen LogP contribution in [0.5, 0.6) is 0 Å². The number of rotatable bonds is 1. The van der Waals surface area contributed by atoms with Gasteiger partial charge in [-0.15, -0.1) is 0 Å². The monoisotopic (exact) mass is 450 g/mol. The first-order valence-electron chi connectivity index (χ1n) is 4.30. The van der Waals surface area contributed by atoms with Crippen molar-refractivity contribution in [3.8, 4) is 0 Å². The molecule has 0 amide bonds. The van der Waals surface area contributed by atoms with E-state index in [4.69, 9.17) is 13.0 Å². The molecule has 0 atom stereocenters. The average molecular weight is 451 g/mol. The number of alkyl halides is 3. The van der Waals surface area contributed by atoms with E-state index >= 15 is 0 Å². The van der Waals surface area contributed by atoms with Crippen molar-refractivity contribution in [1.29, 1.82) is 0 Å². The minimum atomic E-state index is -6.09. The van der Waals surface area contributed by atoms with Gasteiger partial charge in [-0.25, -0.2) is 16.8 Å². The second-order valence-corrected chi connectivity index (χ2v) is 5.92. The molecule has 120 valence electrons. The Hall–Kier alpha value is 0.570. The molecular weight excluding hydrogens is 444 g/mol. The van der Waals surface area contributed by atoms with Crippen LogP contribution in [0.25, 0.3) is 0 Å². The predicted molar refractivity (Wildman–Crippen MR) is 54.9 cm³/mol. The normalized spacial score (nSPS) is 11.3. The summed E-state index contributed by atoms with van der Waals surface area (Å²) in [6.07, 6.45) is 0. The van der Waals surface area contributed by atoms with E-state index in [1.54, 1.807) is 12.1 Å². The maximum absolute atomic E-state index is 10.7. The molecule has 6 nitrogen and oxygen atoms in total. The van der Waals surface area contributed by atoms with Crippen LogP contribution in [0.2, 0.25) is 0 Å². The third kappa shape index (κ3) is 10.8. The molecule has 0 spiro atoms. The SMILES string of the molecule is Cc1ccc(S(=O)(=O)[O-])cc1.O=S(=O)([O-])C(F)(F)F.[Ag+].[Na+]. The Morgan fingerprint density at radius 3 is 1.43 bits per heavy atom. The standard InChI is InChI=1S/C7H8O3S.CHF3O3S.Ag.Na/c1-6-2-4-7(5-3-6)11(8,9)10;2-1(3,4)8(5,6)7;;/h2-5H,1H3,(H,8,9,10);(H,5,6,7);;/q;;2*+1/p-2. The Bertz CT molecular complexity index is 627. The summed E-state index contributed by atoms with van der Waals surface area (Å²) >= 11 is 0. The Kier molecular flexibility index (Phi) is 12.2. The van der Waals surface area contributed by atoms with Gasteiger partial charge in [0.25, 0.3) is 0 Å². The van der Waals surface area contributed by atoms with Crippen LogP contribution in [0.15, 0.2) is 29.2 Å². The van der Waals surface area contributed by atoms with Gasteiger partial charge in [0.05, 0.1) is 4.90 Å². The van der Waals surface area contributed by atoms with Crippen molar-refractivity contribution in [2.45, 2.75) is 17.3 Å². The maximum atomic E-state index is 10.7. The molecule has 0 unspecified atom stereocenters. The first-order valence-corrected chi connectivity index (χ1v) is 7.11. The van der Waals surface area contributed by atoms with E-state index in [1.165, 1.54) is 12.1 Å². The van der Waals surface area contributed by atoms with E-state index in [1.807, 2.05) is 6.92 Å². The summed E-state index contributed by atoms with van der Waals surface area (Å²) in [5.74, 6) is 0. The summed E-state index contributed by atoms with van der Waals surface area (Å²) in [5.41, 5.74) is -4.72. The van der Waals surface area contributed by atoms with Gasteiger partial charge < -0.3 is 9.11 Å². The number of halogens is 3. The summed E-state index contributed by atoms with van der Waals surface area (Å²) in [5, 5.41) is 0. The fraction of sp³-hybridized carbons (Fsp3) is 0.250. The van der Waals surface area contributed by atoms with Crippen molar-refractivity contribution in [1.82, 2.24) is 0 Å². The van der Waals surface area contributed by atoms with E-state index in [2.05, 4.69) is 0 Å². The number of aryl methyl sites for hydroxylation is 1. The van der Waals surface area contributed by atoms with Crippen molar-refractivity contribution >= 4 is 20.2 Å². The number of hydrogen-bond acceptors (Lipinski definition) is 6. The van der Waals surface area contributed by atoms with Gasteiger partial charge in [0.15, 0.2) is 10.1 Å². The average Bonchev–Trinajstić information content (AvgIpc) is 2.14. The fourth-order valence-corrected chi connectivity index (χ4v) is 1.17. The number of hydrogen-bond donors (Lipinski definition) is 0. The topological polar surface area (TPSA) is 114 Å². The van der Waals surface area contributed by atoms with Gasteiger partial charge in [0.1, 0.15) is 10.1 Å². The van der Waals surface area contributed by atoms with Gasteiger partial charge in [-0.2, -0.15) is 13.2 Å². The van der Waals surface area contributed by atoms with E-state index in [9.17, 15) is 26.1 Å². The van der Waals surface area contributed by atoms with Gasteiger partial charge in [-0.05, 0) is 19.1 Å². The minimum absolute atomic E-state index is 0. The van der Waals surface area contributed by atoms with Crippen LogP contribution in [0.1, 0.15) is 5.56 Å². The molecular formula is C8H7AgF3NaO6S2. The van der Waals surface area contributed by atoms with E-state index in [-0.39, 0.29) is 56.8 Å². The Morgan fingerprint density at radius 1 is 0.952 bits per heavy atom. The Morgan fingerprint density at radius 2 is 1.24 bits per heavy atom. The molecule has 0 aromatic heterocycles. The maximum Gasteiger partial charge on any atom is 1.00 e. The van der Waals surface area contributed by atoms with Crippen LogP contribution in [0.4, 0.5) is 13.2 Å². The number of benzene rings is 1. The van der Waals surface area contributed by atoms with Crippen LogP contribution >= 0.6 is 0 Å². The summed E-state index contributed by atoms with van der Waals surface area (Å²) in [6, 6.07) is 5.78. The first kappa shape index (κ1) is 26.5. The molecule has 0 radical (unpaired) electrons. The van der Waals surface area contributed by atoms with Gasteiger partial charge in [0.2, 0.25) is 0 Å². The largest absolute Gasteiger partial charge is 1.00 e. The summed E-state index contributed by atoms with van der Waals surface area (Å²) in [7, 11) is -10.4. The summed E-state index contributed by atoms with van der Waals surface area (Å²) in [6.45, 7) is 1.82. The zero-order valence-corrected chi connectivity index (χ0v) is 15.6. The second kappa shape index (κ2) is 9.65.